The fraction of sp³-hybridized carbons (Fsp3) is 0.500. The molecule has 1 heterocycles. The van der Waals surface area contributed by atoms with Gasteiger partial charge < -0.3 is 4.90 Å². The van der Waals surface area contributed by atoms with E-state index in [1.807, 2.05) is 0 Å². The predicted molar refractivity (Wildman–Crippen MR) is 64.1 cm³/mol. The lowest BCUT2D eigenvalue weighted by Gasteiger charge is -2.35. The molecule has 0 aromatic heterocycles. The quantitative estimate of drug-likeness (QED) is 0.613. The van der Waals surface area contributed by atoms with E-state index in [-0.39, 0.29) is 18.7 Å². The van der Waals surface area contributed by atoms with E-state index in [4.69, 9.17) is 0 Å². The Morgan fingerprint density at radius 2 is 1.89 bits per heavy atom. The van der Waals surface area contributed by atoms with Gasteiger partial charge in [0.25, 0.3) is 5.69 Å². The van der Waals surface area contributed by atoms with Gasteiger partial charge in [0.1, 0.15) is 0 Å². The summed E-state index contributed by atoms with van der Waals surface area (Å²) >= 11 is 0. The van der Waals surface area contributed by atoms with Crippen molar-refractivity contribution >= 4 is 11.4 Å². The van der Waals surface area contributed by atoms with Crippen LogP contribution >= 0.6 is 0 Å². The summed E-state index contributed by atoms with van der Waals surface area (Å²) in [5.74, 6) is -1.32. The molecule has 0 amide bonds. The Labute approximate surface area is 108 Å². The summed E-state index contributed by atoms with van der Waals surface area (Å²) in [6.45, 7) is 0.464. The van der Waals surface area contributed by atoms with Gasteiger partial charge in [-0.25, -0.2) is 0 Å². The zero-order valence-electron chi connectivity index (χ0n) is 10.1. The molecule has 1 aliphatic rings. The summed E-state index contributed by atoms with van der Waals surface area (Å²) in [7, 11) is 0. The van der Waals surface area contributed by atoms with Crippen molar-refractivity contribution in [3.05, 3.63) is 34.4 Å². The molecular formula is C12H13F3N2O2. The monoisotopic (exact) mass is 274 g/mol. The largest absolute Gasteiger partial charge is 0.393 e. The zero-order valence-corrected chi connectivity index (χ0v) is 10.1. The summed E-state index contributed by atoms with van der Waals surface area (Å²) in [6, 6.07) is 5.62. The average molecular weight is 274 g/mol. The fourth-order valence-electron chi connectivity index (χ4n) is 2.26. The van der Waals surface area contributed by atoms with Gasteiger partial charge in [-0.3, -0.25) is 10.1 Å². The van der Waals surface area contributed by atoms with Gasteiger partial charge in [0, 0.05) is 30.9 Å². The summed E-state index contributed by atoms with van der Waals surface area (Å²) in [6.07, 6.45) is -3.56. The summed E-state index contributed by atoms with van der Waals surface area (Å²) in [5, 5.41) is 10.5. The lowest BCUT2D eigenvalue weighted by atomic mass is 9.97. The van der Waals surface area contributed by atoms with E-state index in [9.17, 15) is 23.3 Å². The highest BCUT2D eigenvalue weighted by Crippen LogP contribution is 2.35. The van der Waals surface area contributed by atoms with Crippen LogP contribution < -0.4 is 4.90 Å². The number of alkyl halides is 3. The number of non-ortho nitro benzene ring substituents is 1. The highest BCUT2D eigenvalue weighted by Gasteiger charge is 2.41. The molecule has 0 bridgehead atoms. The van der Waals surface area contributed by atoms with Gasteiger partial charge in [0.05, 0.1) is 10.8 Å². The highest BCUT2D eigenvalue weighted by atomic mass is 19.4. The van der Waals surface area contributed by atoms with Crippen LogP contribution in [0.4, 0.5) is 24.5 Å². The molecule has 19 heavy (non-hydrogen) atoms. The SMILES string of the molecule is O=[N+]([O-])c1ccc(N2CCC[C@@H](C(F)(F)F)C2)cc1. The number of nitro benzene ring substituents is 1. The Morgan fingerprint density at radius 1 is 1.26 bits per heavy atom. The topological polar surface area (TPSA) is 46.4 Å². The minimum absolute atomic E-state index is 0.0619. The van der Waals surface area contributed by atoms with E-state index in [1.54, 1.807) is 4.90 Å². The van der Waals surface area contributed by atoms with E-state index in [0.717, 1.165) is 0 Å². The van der Waals surface area contributed by atoms with Crippen LogP contribution in [0.5, 0.6) is 0 Å². The van der Waals surface area contributed by atoms with E-state index < -0.39 is 17.0 Å². The molecule has 1 aliphatic heterocycles. The van der Waals surface area contributed by atoms with E-state index >= 15 is 0 Å². The summed E-state index contributed by atoms with van der Waals surface area (Å²) in [4.78, 5) is 11.6. The first-order valence-corrected chi connectivity index (χ1v) is 5.94. The van der Waals surface area contributed by atoms with Gasteiger partial charge in [-0.05, 0) is 25.0 Å². The van der Waals surface area contributed by atoms with Crippen LogP contribution in [0.1, 0.15) is 12.8 Å². The van der Waals surface area contributed by atoms with Crippen molar-refractivity contribution in [3.63, 3.8) is 0 Å². The lowest BCUT2D eigenvalue weighted by Crippen LogP contribution is -2.41. The summed E-state index contributed by atoms with van der Waals surface area (Å²) < 4.78 is 38.1. The molecular weight excluding hydrogens is 261 g/mol. The number of nitrogens with zero attached hydrogens (tertiary/aromatic N) is 2. The van der Waals surface area contributed by atoms with Crippen molar-refractivity contribution in [1.29, 1.82) is 0 Å². The molecule has 0 radical (unpaired) electrons. The number of halogens is 3. The number of benzene rings is 1. The van der Waals surface area contributed by atoms with Gasteiger partial charge in [0.15, 0.2) is 0 Å². The lowest BCUT2D eigenvalue weighted by molar-refractivity contribution is -0.384. The molecule has 0 unspecified atom stereocenters. The van der Waals surface area contributed by atoms with Crippen molar-refractivity contribution in [2.24, 2.45) is 5.92 Å². The first-order valence-electron chi connectivity index (χ1n) is 5.94. The average Bonchev–Trinajstić information content (AvgIpc) is 2.38. The molecule has 2 rings (SSSR count). The van der Waals surface area contributed by atoms with E-state index in [2.05, 4.69) is 0 Å². The standard InChI is InChI=1S/C12H13F3N2O2/c13-12(14,15)9-2-1-7-16(8-9)10-3-5-11(6-4-10)17(18)19/h3-6,9H,1-2,7-8H2/t9-/m1/s1. The third-order valence-electron chi connectivity index (χ3n) is 3.31. The predicted octanol–water partition coefficient (Wildman–Crippen LogP) is 3.37. The Kier molecular flexibility index (Phi) is 3.64. The van der Waals surface area contributed by atoms with Gasteiger partial charge in [0.2, 0.25) is 0 Å². The second-order valence-electron chi connectivity index (χ2n) is 4.60. The number of nitro groups is 1. The number of hydrogen-bond acceptors (Lipinski definition) is 3. The third kappa shape index (κ3) is 3.15. The minimum atomic E-state index is -4.18. The Morgan fingerprint density at radius 3 is 2.42 bits per heavy atom. The van der Waals surface area contributed by atoms with Crippen LogP contribution in [-0.2, 0) is 0 Å². The van der Waals surface area contributed by atoms with Crippen molar-refractivity contribution in [3.8, 4) is 0 Å². The molecule has 1 atom stereocenters. The molecule has 0 aliphatic carbocycles. The molecule has 1 saturated heterocycles. The fourth-order valence-corrected chi connectivity index (χ4v) is 2.26. The first-order chi connectivity index (χ1) is 8.88. The van der Waals surface area contributed by atoms with E-state index in [0.29, 0.717) is 18.7 Å². The first kappa shape index (κ1) is 13.6. The zero-order chi connectivity index (χ0) is 14.0. The Bertz CT molecular complexity index is 459. The molecule has 0 N–H and O–H groups in total. The number of hydrogen-bond donors (Lipinski definition) is 0. The molecule has 1 aromatic rings. The molecule has 1 fully saturated rings. The minimum Gasteiger partial charge on any atom is -0.371 e. The molecule has 4 nitrogen and oxygen atoms in total. The molecule has 1 aromatic carbocycles. The van der Waals surface area contributed by atoms with Crippen molar-refractivity contribution < 1.29 is 18.1 Å². The van der Waals surface area contributed by atoms with Crippen LogP contribution in [0, 0.1) is 16.0 Å². The number of anilines is 1. The third-order valence-corrected chi connectivity index (χ3v) is 3.31. The van der Waals surface area contributed by atoms with Crippen molar-refractivity contribution in [1.82, 2.24) is 0 Å². The van der Waals surface area contributed by atoms with E-state index in [1.165, 1.54) is 24.3 Å². The normalized spacial score (nSPS) is 20.4. The van der Waals surface area contributed by atoms with Crippen LogP contribution in [0.2, 0.25) is 0 Å². The molecule has 0 saturated carbocycles. The maximum absolute atomic E-state index is 12.7. The van der Waals surface area contributed by atoms with Gasteiger partial charge in [-0.1, -0.05) is 0 Å². The summed E-state index contributed by atoms with van der Waals surface area (Å²) in [5.41, 5.74) is 0.535. The highest BCUT2D eigenvalue weighted by molar-refractivity contribution is 5.51. The second-order valence-corrected chi connectivity index (χ2v) is 4.60. The van der Waals surface area contributed by atoms with Crippen molar-refractivity contribution in [2.45, 2.75) is 19.0 Å². The van der Waals surface area contributed by atoms with Crippen LogP contribution in [0.3, 0.4) is 0 Å². The maximum Gasteiger partial charge on any atom is 0.393 e. The van der Waals surface area contributed by atoms with Crippen LogP contribution in [0.25, 0.3) is 0 Å². The number of rotatable bonds is 2. The Balaban J connectivity index is 2.11. The molecule has 0 spiro atoms. The van der Waals surface area contributed by atoms with Gasteiger partial charge >= 0.3 is 6.18 Å². The molecule has 104 valence electrons. The van der Waals surface area contributed by atoms with Gasteiger partial charge in [-0.2, -0.15) is 13.2 Å². The second kappa shape index (κ2) is 5.07. The van der Waals surface area contributed by atoms with Gasteiger partial charge in [-0.15, -0.1) is 0 Å². The van der Waals surface area contributed by atoms with Crippen LogP contribution in [-0.4, -0.2) is 24.2 Å². The Hall–Kier alpha value is -1.79. The maximum atomic E-state index is 12.7. The number of piperidine rings is 1. The molecule has 7 heteroatoms. The van der Waals surface area contributed by atoms with Crippen LogP contribution in [0.15, 0.2) is 24.3 Å². The smallest absolute Gasteiger partial charge is 0.371 e. The van der Waals surface area contributed by atoms with Crippen molar-refractivity contribution in [2.75, 3.05) is 18.0 Å².